The molecule has 0 radical (unpaired) electrons. The van der Waals surface area contributed by atoms with E-state index >= 15 is 0 Å². The number of carbonyl (C=O) groups excluding carboxylic acids is 1. The Kier molecular flexibility index (Phi) is 5.78. The lowest BCUT2D eigenvalue weighted by molar-refractivity contribution is -0.0586. The Hall–Kier alpha value is -2.53. The summed E-state index contributed by atoms with van der Waals surface area (Å²) in [7, 11) is 1.63. The molecule has 0 saturated carbocycles. The second-order valence-corrected chi connectivity index (χ2v) is 6.63. The molecule has 1 heterocycles. The predicted octanol–water partition coefficient (Wildman–Crippen LogP) is 3.52. The van der Waals surface area contributed by atoms with Crippen LogP contribution in [0.15, 0.2) is 48.5 Å². The minimum absolute atomic E-state index is 0.0484. The smallest absolute Gasteiger partial charge is 0.254 e. The molecular weight excluding hydrogens is 330 g/mol. The number of benzene rings is 2. The van der Waals surface area contributed by atoms with Crippen molar-refractivity contribution in [1.82, 2.24) is 4.90 Å². The number of rotatable bonds is 5. The predicted molar refractivity (Wildman–Crippen MR) is 99.7 cm³/mol. The van der Waals surface area contributed by atoms with Crippen molar-refractivity contribution >= 4 is 5.91 Å². The van der Waals surface area contributed by atoms with E-state index in [0.29, 0.717) is 25.3 Å². The minimum Gasteiger partial charge on any atom is -0.497 e. The van der Waals surface area contributed by atoms with Gasteiger partial charge in [-0.15, -0.1) is 0 Å². The van der Waals surface area contributed by atoms with Crippen molar-refractivity contribution in [3.63, 3.8) is 0 Å². The molecule has 5 nitrogen and oxygen atoms in total. The summed E-state index contributed by atoms with van der Waals surface area (Å²) in [5, 5.41) is 0. The Labute approximate surface area is 154 Å². The number of hydrogen-bond acceptors (Lipinski definition) is 4. The molecule has 0 aliphatic carbocycles. The van der Waals surface area contributed by atoms with Crippen molar-refractivity contribution in [2.75, 3.05) is 20.2 Å². The van der Waals surface area contributed by atoms with Gasteiger partial charge in [0, 0.05) is 24.7 Å². The van der Waals surface area contributed by atoms with Gasteiger partial charge in [0.05, 0.1) is 19.3 Å². The van der Waals surface area contributed by atoms with Crippen LogP contribution in [-0.2, 0) is 11.3 Å². The molecule has 3 rings (SSSR count). The summed E-state index contributed by atoms with van der Waals surface area (Å²) in [5.74, 6) is 1.56. The molecule has 0 bridgehead atoms. The number of carbonyl (C=O) groups is 1. The SMILES string of the molecule is COc1cccc(OCc2ccc(C(=O)N3C[C@@H](C)O[C@@H](C)C3)cc2)c1. The lowest BCUT2D eigenvalue weighted by Crippen LogP contribution is -2.48. The van der Waals surface area contributed by atoms with E-state index in [9.17, 15) is 4.79 Å². The Bertz CT molecular complexity index is 734. The molecule has 5 heteroatoms. The zero-order valence-corrected chi connectivity index (χ0v) is 15.5. The van der Waals surface area contributed by atoms with E-state index < -0.39 is 0 Å². The fraction of sp³-hybridized carbons (Fsp3) is 0.381. The molecule has 0 spiro atoms. The summed E-state index contributed by atoms with van der Waals surface area (Å²) >= 11 is 0. The van der Waals surface area contributed by atoms with Crippen molar-refractivity contribution in [1.29, 1.82) is 0 Å². The molecule has 2 aromatic rings. The van der Waals surface area contributed by atoms with E-state index in [1.54, 1.807) is 7.11 Å². The first-order valence-electron chi connectivity index (χ1n) is 8.85. The van der Waals surface area contributed by atoms with E-state index in [4.69, 9.17) is 14.2 Å². The maximum atomic E-state index is 12.7. The van der Waals surface area contributed by atoms with Gasteiger partial charge in [0.2, 0.25) is 0 Å². The fourth-order valence-corrected chi connectivity index (χ4v) is 3.13. The number of hydrogen-bond donors (Lipinski definition) is 0. The van der Waals surface area contributed by atoms with Crippen LogP contribution in [0, 0.1) is 0 Å². The van der Waals surface area contributed by atoms with Crippen LogP contribution in [0.4, 0.5) is 0 Å². The highest BCUT2D eigenvalue weighted by Gasteiger charge is 2.26. The van der Waals surface area contributed by atoms with Crippen LogP contribution >= 0.6 is 0 Å². The molecule has 1 aliphatic rings. The van der Waals surface area contributed by atoms with Crippen LogP contribution in [0.2, 0.25) is 0 Å². The molecular formula is C21H25NO4. The first kappa shape index (κ1) is 18.3. The summed E-state index contributed by atoms with van der Waals surface area (Å²) in [6.45, 7) is 5.69. The molecule has 1 aliphatic heterocycles. The van der Waals surface area contributed by atoms with E-state index in [0.717, 1.165) is 17.1 Å². The molecule has 1 amide bonds. The normalized spacial score (nSPS) is 19.9. The van der Waals surface area contributed by atoms with Gasteiger partial charge in [0.15, 0.2) is 0 Å². The van der Waals surface area contributed by atoms with Crippen LogP contribution in [0.5, 0.6) is 11.5 Å². The third kappa shape index (κ3) is 4.55. The first-order valence-corrected chi connectivity index (χ1v) is 8.85. The van der Waals surface area contributed by atoms with Crippen molar-refractivity contribution in [2.24, 2.45) is 0 Å². The molecule has 138 valence electrons. The highest BCUT2D eigenvalue weighted by molar-refractivity contribution is 5.94. The highest BCUT2D eigenvalue weighted by atomic mass is 16.5. The summed E-state index contributed by atoms with van der Waals surface area (Å²) < 4.78 is 16.7. The van der Waals surface area contributed by atoms with Gasteiger partial charge in [-0.05, 0) is 43.7 Å². The third-order valence-electron chi connectivity index (χ3n) is 4.35. The Morgan fingerprint density at radius 1 is 1.08 bits per heavy atom. The van der Waals surface area contributed by atoms with Gasteiger partial charge in [-0.2, -0.15) is 0 Å². The first-order chi connectivity index (χ1) is 12.5. The van der Waals surface area contributed by atoms with E-state index in [-0.39, 0.29) is 18.1 Å². The summed E-state index contributed by atoms with van der Waals surface area (Å²) in [4.78, 5) is 14.5. The third-order valence-corrected chi connectivity index (χ3v) is 4.35. The van der Waals surface area contributed by atoms with Crippen molar-refractivity contribution in [3.05, 3.63) is 59.7 Å². The molecule has 0 unspecified atom stereocenters. The zero-order valence-electron chi connectivity index (χ0n) is 15.5. The summed E-state index contributed by atoms with van der Waals surface area (Å²) in [5.41, 5.74) is 1.70. The average molecular weight is 355 g/mol. The lowest BCUT2D eigenvalue weighted by atomic mass is 10.1. The number of amides is 1. The maximum absolute atomic E-state index is 12.7. The van der Waals surface area contributed by atoms with Gasteiger partial charge in [-0.25, -0.2) is 0 Å². The van der Waals surface area contributed by atoms with Crippen LogP contribution in [0.3, 0.4) is 0 Å². The fourth-order valence-electron chi connectivity index (χ4n) is 3.13. The van der Waals surface area contributed by atoms with E-state index in [1.165, 1.54) is 0 Å². The van der Waals surface area contributed by atoms with Crippen LogP contribution < -0.4 is 9.47 Å². The summed E-state index contributed by atoms with van der Waals surface area (Å²) in [6, 6.07) is 15.1. The Morgan fingerprint density at radius 3 is 2.38 bits per heavy atom. The number of ether oxygens (including phenoxy) is 3. The van der Waals surface area contributed by atoms with Gasteiger partial charge < -0.3 is 19.1 Å². The lowest BCUT2D eigenvalue weighted by Gasteiger charge is -2.35. The molecule has 2 aromatic carbocycles. The highest BCUT2D eigenvalue weighted by Crippen LogP contribution is 2.20. The van der Waals surface area contributed by atoms with E-state index in [2.05, 4.69) is 0 Å². The minimum atomic E-state index is 0.0484. The molecule has 2 atom stereocenters. The monoisotopic (exact) mass is 355 g/mol. The number of nitrogens with zero attached hydrogens (tertiary/aromatic N) is 1. The molecule has 0 N–H and O–H groups in total. The van der Waals surface area contributed by atoms with Crippen molar-refractivity contribution < 1.29 is 19.0 Å². The average Bonchev–Trinajstić information content (AvgIpc) is 2.65. The second-order valence-electron chi connectivity index (χ2n) is 6.63. The second kappa shape index (κ2) is 8.23. The molecule has 1 saturated heterocycles. The number of methoxy groups -OCH3 is 1. The van der Waals surface area contributed by atoms with Crippen LogP contribution in [-0.4, -0.2) is 43.2 Å². The molecule has 1 fully saturated rings. The van der Waals surface area contributed by atoms with Crippen molar-refractivity contribution in [3.8, 4) is 11.5 Å². The Balaban J connectivity index is 1.60. The Morgan fingerprint density at radius 2 is 1.73 bits per heavy atom. The topological polar surface area (TPSA) is 48.0 Å². The van der Waals surface area contributed by atoms with Crippen molar-refractivity contribution in [2.45, 2.75) is 32.7 Å². The van der Waals surface area contributed by atoms with Crippen LogP contribution in [0.1, 0.15) is 29.8 Å². The maximum Gasteiger partial charge on any atom is 0.254 e. The van der Waals surface area contributed by atoms with Gasteiger partial charge in [0.1, 0.15) is 18.1 Å². The summed E-state index contributed by atoms with van der Waals surface area (Å²) in [6.07, 6.45) is 0.136. The van der Waals surface area contributed by atoms with Crippen LogP contribution in [0.25, 0.3) is 0 Å². The number of morpholine rings is 1. The van der Waals surface area contributed by atoms with E-state index in [1.807, 2.05) is 67.3 Å². The van der Waals surface area contributed by atoms with Gasteiger partial charge in [-0.3, -0.25) is 4.79 Å². The van der Waals surface area contributed by atoms with Gasteiger partial charge in [-0.1, -0.05) is 18.2 Å². The van der Waals surface area contributed by atoms with Gasteiger partial charge in [0.25, 0.3) is 5.91 Å². The largest absolute Gasteiger partial charge is 0.497 e. The standard InChI is InChI=1S/C21H25NO4/c1-15-12-22(13-16(2)26-15)21(23)18-9-7-17(8-10-18)14-25-20-6-4-5-19(11-20)24-3/h4-11,15-16H,12-14H2,1-3H3/t15-,16+. The molecule has 0 aromatic heterocycles. The zero-order chi connectivity index (χ0) is 18.5. The molecule has 26 heavy (non-hydrogen) atoms. The van der Waals surface area contributed by atoms with Gasteiger partial charge >= 0.3 is 0 Å². The quantitative estimate of drug-likeness (QED) is 0.823.